The number of H-pyrrole nitrogens is 1. The van der Waals surface area contributed by atoms with Crippen LogP contribution in [0.5, 0.6) is 17.2 Å². The zero-order valence-corrected chi connectivity index (χ0v) is 16.7. The van der Waals surface area contributed by atoms with Crippen LogP contribution in [0.2, 0.25) is 0 Å². The van der Waals surface area contributed by atoms with Crippen molar-refractivity contribution < 1.29 is 27.8 Å². The van der Waals surface area contributed by atoms with Crippen LogP contribution < -0.4 is 19.5 Å². The molecule has 1 heterocycles. The highest BCUT2D eigenvalue weighted by Gasteiger charge is 2.20. The predicted molar refractivity (Wildman–Crippen MR) is 105 cm³/mol. The maximum absolute atomic E-state index is 13.7. The minimum atomic E-state index is -0.754. The first-order chi connectivity index (χ1) is 12.9. The van der Waals surface area contributed by atoms with Crippen LogP contribution in [0.4, 0.5) is 14.5 Å². The summed E-state index contributed by atoms with van der Waals surface area (Å²) in [6.45, 7) is 0. The molecule has 3 rings (SSSR count). The molecule has 1 aromatic heterocycles. The molecular formula is C18H15F2IN2O4. The van der Waals surface area contributed by atoms with Gasteiger partial charge in [0.15, 0.2) is 11.5 Å². The fraction of sp³-hybridized carbons (Fsp3) is 0.167. The lowest BCUT2D eigenvalue weighted by molar-refractivity contribution is 0.102. The molecule has 2 N–H and O–H groups in total. The van der Waals surface area contributed by atoms with Crippen molar-refractivity contribution in [1.82, 2.24) is 4.98 Å². The Morgan fingerprint density at radius 1 is 1.00 bits per heavy atom. The standard InChI is InChI=1S/C18H15F2IN2O4/c1-25-13-7-14(26-2)17(27-3)16-9(13)6-12(23-16)18(24)22-8-4-10(19)15(21)11(20)5-8/h4-7,23H,1-3H3,(H,22,24). The van der Waals surface area contributed by atoms with Crippen LogP contribution in [0.1, 0.15) is 10.5 Å². The van der Waals surface area contributed by atoms with Gasteiger partial charge >= 0.3 is 0 Å². The molecule has 0 fully saturated rings. The summed E-state index contributed by atoms with van der Waals surface area (Å²) in [7, 11) is 4.45. The number of aromatic amines is 1. The Morgan fingerprint density at radius 3 is 2.19 bits per heavy atom. The van der Waals surface area contributed by atoms with Gasteiger partial charge in [-0.1, -0.05) is 0 Å². The van der Waals surface area contributed by atoms with Crippen molar-refractivity contribution in [2.45, 2.75) is 0 Å². The lowest BCUT2D eigenvalue weighted by Gasteiger charge is -2.11. The molecule has 0 radical (unpaired) electrons. The fourth-order valence-corrected chi connectivity index (χ4v) is 3.00. The lowest BCUT2D eigenvalue weighted by Crippen LogP contribution is -2.13. The first kappa shape index (κ1) is 19.2. The van der Waals surface area contributed by atoms with Gasteiger partial charge in [0.1, 0.15) is 23.1 Å². The molecular weight excluding hydrogens is 473 g/mol. The Bertz CT molecular complexity index is 1010. The van der Waals surface area contributed by atoms with Crippen LogP contribution >= 0.6 is 22.6 Å². The number of carbonyl (C=O) groups excluding carboxylic acids is 1. The molecule has 0 aliphatic heterocycles. The molecule has 1 amide bonds. The molecule has 6 nitrogen and oxygen atoms in total. The summed E-state index contributed by atoms with van der Waals surface area (Å²) < 4.78 is 43.2. The van der Waals surface area contributed by atoms with Gasteiger partial charge in [0, 0.05) is 17.1 Å². The van der Waals surface area contributed by atoms with Gasteiger partial charge in [0.25, 0.3) is 5.91 Å². The Labute approximate surface area is 166 Å². The molecule has 0 saturated heterocycles. The summed E-state index contributed by atoms with van der Waals surface area (Å²) in [4.78, 5) is 15.5. The van der Waals surface area contributed by atoms with Gasteiger partial charge in [-0.05, 0) is 40.8 Å². The normalized spacial score (nSPS) is 10.7. The number of carbonyl (C=O) groups is 1. The number of benzene rings is 2. The number of anilines is 1. The van der Waals surface area contributed by atoms with E-state index >= 15 is 0 Å². The van der Waals surface area contributed by atoms with Crippen molar-refractivity contribution in [3.63, 3.8) is 0 Å². The van der Waals surface area contributed by atoms with E-state index in [4.69, 9.17) is 14.2 Å². The van der Waals surface area contributed by atoms with Crippen molar-refractivity contribution in [1.29, 1.82) is 0 Å². The maximum atomic E-state index is 13.7. The lowest BCUT2D eigenvalue weighted by atomic mass is 10.2. The number of hydrogen-bond donors (Lipinski definition) is 2. The fourth-order valence-electron chi connectivity index (χ4n) is 2.69. The van der Waals surface area contributed by atoms with E-state index in [9.17, 15) is 13.6 Å². The summed E-state index contributed by atoms with van der Waals surface area (Å²) in [6, 6.07) is 5.30. The number of hydrogen-bond acceptors (Lipinski definition) is 4. The Kier molecular flexibility index (Phi) is 5.40. The number of rotatable bonds is 5. The van der Waals surface area contributed by atoms with Crippen LogP contribution in [0, 0.1) is 15.2 Å². The maximum Gasteiger partial charge on any atom is 0.272 e. The highest BCUT2D eigenvalue weighted by Crippen LogP contribution is 2.41. The van der Waals surface area contributed by atoms with Crippen LogP contribution in [0.15, 0.2) is 24.3 Å². The SMILES string of the molecule is COc1cc(OC)c2cc(C(=O)Nc3cc(F)c(I)c(F)c3)[nH]c2c1OC. The number of ether oxygens (including phenoxy) is 3. The van der Waals surface area contributed by atoms with Gasteiger partial charge in [-0.25, -0.2) is 8.78 Å². The summed E-state index contributed by atoms with van der Waals surface area (Å²) in [6.07, 6.45) is 0. The minimum Gasteiger partial charge on any atom is -0.496 e. The third-order valence-electron chi connectivity index (χ3n) is 3.93. The second-order valence-electron chi connectivity index (χ2n) is 5.49. The molecule has 0 aliphatic carbocycles. The molecule has 3 aromatic rings. The van der Waals surface area contributed by atoms with Crippen LogP contribution in [-0.4, -0.2) is 32.2 Å². The van der Waals surface area contributed by atoms with Crippen molar-refractivity contribution in [3.8, 4) is 17.2 Å². The summed E-state index contributed by atoms with van der Waals surface area (Å²) in [5, 5.41) is 3.06. The average Bonchev–Trinajstić information content (AvgIpc) is 3.09. The number of methoxy groups -OCH3 is 3. The number of amides is 1. The average molecular weight is 488 g/mol. The number of halogens is 3. The third-order valence-corrected chi connectivity index (χ3v) is 4.96. The second-order valence-corrected chi connectivity index (χ2v) is 6.57. The van der Waals surface area contributed by atoms with E-state index < -0.39 is 17.5 Å². The summed E-state index contributed by atoms with van der Waals surface area (Å²) in [5.74, 6) is -0.777. The van der Waals surface area contributed by atoms with Gasteiger partial charge in [0.2, 0.25) is 0 Å². The molecule has 0 saturated carbocycles. The molecule has 0 aliphatic rings. The van der Waals surface area contributed by atoms with Gasteiger partial charge < -0.3 is 24.5 Å². The zero-order chi connectivity index (χ0) is 19.7. The zero-order valence-electron chi connectivity index (χ0n) is 14.6. The van der Waals surface area contributed by atoms with Gasteiger partial charge in [-0.3, -0.25) is 4.79 Å². The van der Waals surface area contributed by atoms with E-state index in [1.807, 2.05) is 0 Å². The molecule has 0 spiro atoms. The number of nitrogens with one attached hydrogen (secondary N) is 2. The molecule has 0 bridgehead atoms. The van der Waals surface area contributed by atoms with E-state index in [1.54, 1.807) is 34.7 Å². The van der Waals surface area contributed by atoms with Crippen LogP contribution in [-0.2, 0) is 0 Å². The van der Waals surface area contributed by atoms with Crippen molar-refractivity contribution in [2.75, 3.05) is 26.6 Å². The topological polar surface area (TPSA) is 72.6 Å². The molecule has 27 heavy (non-hydrogen) atoms. The molecule has 0 atom stereocenters. The van der Waals surface area contributed by atoms with E-state index in [-0.39, 0.29) is 15.0 Å². The van der Waals surface area contributed by atoms with Gasteiger partial charge in [-0.2, -0.15) is 0 Å². The smallest absolute Gasteiger partial charge is 0.272 e. The van der Waals surface area contributed by atoms with Gasteiger partial charge in [0.05, 0.1) is 30.4 Å². The van der Waals surface area contributed by atoms with Crippen molar-refractivity contribution in [2.24, 2.45) is 0 Å². The highest BCUT2D eigenvalue weighted by atomic mass is 127. The van der Waals surface area contributed by atoms with Crippen molar-refractivity contribution >= 4 is 45.1 Å². The van der Waals surface area contributed by atoms with E-state index in [2.05, 4.69) is 10.3 Å². The summed E-state index contributed by atoms with van der Waals surface area (Å²) >= 11 is 1.55. The Hall–Kier alpha value is -2.56. The predicted octanol–water partition coefficient (Wildman–Crippen LogP) is 4.33. The van der Waals surface area contributed by atoms with Gasteiger partial charge in [-0.15, -0.1) is 0 Å². The Morgan fingerprint density at radius 2 is 1.63 bits per heavy atom. The Balaban J connectivity index is 2.03. The quantitative estimate of drug-likeness (QED) is 0.415. The van der Waals surface area contributed by atoms with E-state index in [1.165, 1.54) is 21.3 Å². The highest BCUT2D eigenvalue weighted by molar-refractivity contribution is 14.1. The first-order valence-electron chi connectivity index (χ1n) is 7.67. The van der Waals surface area contributed by atoms with E-state index in [0.29, 0.717) is 28.2 Å². The largest absolute Gasteiger partial charge is 0.496 e. The van der Waals surface area contributed by atoms with Crippen LogP contribution in [0.25, 0.3) is 10.9 Å². The minimum absolute atomic E-state index is 0.00517. The first-order valence-corrected chi connectivity index (χ1v) is 8.75. The van der Waals surface area contributed by atoms with Crippen molar-refractivity contribution in [3.05, 3.63) is 45.2 Å². The molecule has 0 unspecified atom stereocenters. The second kappa shape index (κ2) is 7.59. The number of aromatic nitrogens is 1. The number of fused-ring (bicyclic) bond motifs is 1. The third kappa shape index (κ3) is 3.51. The molecule has 142 valence electrons. The van der Waals surface area contributed by atoms with E-state index in [0.717, 1.165) is 12.1 Å². The molecule has 2 aromatic carbocycles. The molecule has 9 heteroatoms. The monoisotopic (exact) mass is 488 g/mol. The van der Waals surface area contributed by atoms with Crippen LogP contribution in [0.3, 0.4) is 0 Å². The summed E-state index contributed by atoms with van der Waals surface area (Å²) in [5.41, 5.74) is 0.665.